The number of hydrogen-bond acceptors (Lipinski definition) is 4. The number of benzene rings is 1. The van der Waals surface area contributed by atoms with E-state index < -0.39 is 16.3 Å². The van der Waals surface area contributed by atoms with Crippen molar-refractivity contribution in [3.63, 3.8) is 0 Å². The topological polar surface area (TPSA) is 64.1 Å². The first-order valence-corrected chi connectivity index (χ1v) is 8.44. The van der Waals surface area contributed by atoms with E-state index >= 15 is 0 Å². The SMILES string of the molecule is CN(C)S(=O)(=O)N1CCN(C[C@H](O)c2ccccc2)CC1. The number of β-amino-alcohol motifs (C(OH)–C–C–N with tert-alkyl or cyclic N) is 1. The van der Waals surface area contributed by atoms with E-state index in [0.29, 0.717) is 32.7 Å². The van der Waals surface area contributed by atoms with Crippen molar-refractivity contribution < 1.29 is 13.5 Å². The molecule has 118 valence electrons. The molecule has 1 aliphatic rings. The zero-order valence-electron chi connectivity index (χ0n) is 12.5. The van der Waals surface area contributed by atoms with Crippen LogP contribution < -0.4 is 0 Å². The van der Waals surface area contributed by atoms with Crippen molar-refractivity contribution in [1.29, 1.82) is 0 Å². The summed E-state index contributed by atoms with van der Waals surface area (Å²) in [5, 5.41) is 10.2. The second-order valence-electron chi connectivity index (χ2n) is 5.42. The third kappa shape index (κ3) is 4.02. The van der Waals surface area contributed by atoms with Crippen LogP contribution in [0.2, 0.25) is 0 Å². The molecular formula is C14H23N3O3S. The second kappa shape index (κ2) is 6.85. The van der Waals surface area contributed by atoms with Crippen molar-refractivity contribution in [1.82, 2.24) is 13.5 Å². The molecule has 0 amide bonds. The Morgan fingerprint density at radius 3 is 2.24 bits per heavy atom. The fourth-order valence-electron chi connectivity index (χ4n) is 2.40. The molecular weight excluding hydrogens is 290 g/mol. The van der Waals surface area contributed by atoms with E-state index in [1.54, 1.807) is 14.1 Å². The Balaban J connectivity index is 1.88. The molecule has 1 aliphatic heterocycles. The highest BCUT2D eigenvalue weighted by Gasteiger charge is 2.29. The molecule has 0 unspecified atom stereocenters. The molecule has 0 aromatic heterocycles. The van der Waals surface area contributed by atoms with Crippen molar-refractivity contribution in [2.45, 2.75) is 6.10 Å². The number of aliphatic hydroxyl groups is 1. The summed E-state index contributed by atoms with van der Waals surface area (Å²) in [4.78, 5) is 2.10. The molecule has 0 bridgehead atoms. The largest absolute Gasteiger partial charge is 0.387 e. The van der Waals surface area contributed by atoms with Crippen LogP contribution in [0, 0.1) is 0 Å². The van der Waals surface area contributed by atoms with Crippen molar-refractivity contribution in [3.05, 3.63) is 35.9 Å². The van der Waals surface area contributed by atoms with Gasteiger partial charge < -0.3 is 5.11 Å². The van der Waals surface area contributed by atoms with Gasteiger partial charge in [0, 0.05) is 46.8 Å². The minimum Gasteiger partial charge on any atom is -0.387 e. The van der Waals surface area contributed by atoms with Crippen LogP contribution in [0.1, 0.15) is 11.7 Å². The lowest BCUT2D eigenvalue weighted by Gasteiger charge is -2.35. The Morgan fingerprint density at radius 2 is 1.71 bits per heavy atom. The van der Waals surface area contributed by atoms with Crippen LogP contribution in [0.5, 0.6) is 0 Å². The average molecular weight is 313 g/mol. The monoisotopic (exact) mass is 313 g/mol. The Kier molecular flexibility index (Phi) is 5.34. The Bertz CT molecular complexity index is 540. The molecule has 7 heteroatoms. The van der Waals surface area contributed by atoms with E-state index in [0.717, 1.165) is 5.56 Å². The Morgan fingerprint density at radius 1 is 1.14 bits per heavy atom. The number of nitrogens with zero attached hydrogens (tertiary/aromatic N) is 3. The smallest absolute Gasteiger partial charge is 0.281 e. The minimum absolute atomic E-state index is 0.460. The van der Waals surface area contributed by atoms with Gasteiger partial charge in [-0.05, 0) is 5.56 Å². The molecule has 0 radical (unpaired) electrons. The van der Waals surface area contributed by atoms with Gasteiger partial charge in [0.25, 0.3) is 10.2 Å². The molecule has 1 heterocycles. The molecule has 2 rings (SSSR count). The second-order valence-corrected chi connectivity index (χ2v) is 7.56. The highest BCUT2D eigenvalue weighted by atomic mass is 32.2. The van der Waals surface area contributed by atoms with Gasteiger partial charge in [0.05, 0.1) is 6.10 Å². The normalized spacial score (nSPS) is 19.8. The van der Waals surface area contributed by atoms with Gasteiger partial charge in [0.1, 0.15) is 0 Å². The van der Waals surface area contributed by atoms with E-state index in [1.165, 1.54) is 8.61 Å². The predicted octanol–water partition coefficient (Wildman–Crippen LogP) is 0.144. The first-order valence-electron chi connectivity index (χ1n) is 7.04. The summed E-state index contributed by atoms with van der Waals surface area (Å²) in [7, 11) is -0.241. The maximum atomic E-state index is 12.0. The van der Waals surface area contributed by atoms with Crippen LogP contribution in [0.4, 0.5) is 0 Å². The van der Waals surface area contributed by atoms with Gasteiger partial charge in [-0.3, -0.25) is 4.90 Å². The zero-order valence-corrected chi connectivity index (χ0v) is 13.3. The number of rotatable bonds is 5. The summed E-state index contributed by atoms with van der Waals surface area (Å²) < 4.78 is 26.8. The van der Waals surface area contributed by atoms with Gasteiger partial charge >= 0.3 is 0 Å². The summed E-state index contributed by atoms with van der Waals surface area (Å²) in [6, 6.07) is 9.52. The first-order chi connectivity index (χ1) is 9.91. The van der Waals surface area contributed by atoms with E-state index in [1.807, 2.05) is 30.3 Å². The van der Waals surface area contributed by atoms with Gasteiger partial charge in [-0.1, -0.05) is 30.3 Å². The lowest BCUT2D eigenvalue weighted by molar-refractivity contribution is 0.0911. The third-order valence-electron chi connectivity index (χ3n) is 3.73. The van der Waals surface area contributed by atoms with E-state index in [4.69, 9.17) is 0 Å². The van der Waals surface area contributed by atoms with Crippen molar-refractivity contribution in [3.8, 4) is 0 Å². The van der Waals surface area contributed by atoms with Crippen LogP contribution in [-0.4, -0.2) is 73.9 Å². The van der Waals surface area contributed by atoms with Crippen LogP contribution in [0.15, 0.2) is 30.3 Å². The fraction of sp³-hybridized carbons (Fsp3) is 0.571. The standard InChI is InChI=1S/C14H23N3O3S/c1-15(2)21(19,20)17-10-8-16(9-11-17)12-14(18)13-6-4-3-5-7-13/h3-7,14,18H,8-12H2,1-2H3/t14-/m0/s1. The first kappa shape index (κ1) is 16.4. The van der Waals surface area contributed by atoms with Gasteiger partial charge in [-0.15, -0.1) is 0 Å². The summed E-state index contributed by atoms with van der Waals surface area (Å²) in [6.45, 7) is 2.72. The molecule has 1 aromatic rings. The van der Waals surface area contributed by atoms with Crippen molar-refractivity contribution >= 4 is 10.2 Å². The third-order valence-corrected chi connectivity index (χ3v) is 5.68. The summed E-state index contributed by atoms with van der Waals surface area (Å²) >= 11 is 0. The van der Waals surface area contributed by atoms with Gasteiger partial charge in [0.15, 0.2) is 0 Å². The molecule has 0 spiro atoms. The summed E-state index contributed by atoms with van der Waals surface area (Å²) in [6.07, 6.45) is -0.539. The highest BCUT2D eigenvalue weighted by Crippen LogP contribution is 2.16. The highest BCUT2D eigenvalue weighted by molar-refractivity contribution is 7.86. The number of aliphatic hydroxyl groups excluding tert-OH is 1. The van der Waals surface area contributed by atoms with Gasteiger partial charge in [-0.25, -0.2) is 0 Å². The van der Waals surface area contributed by atoms with Crippen molar-refractivity contribution in [2.75, 3.05) is 46.8 Å². The fourth-order valence-corrected chi connectivity index (χ4v) is 3.49. The molecule has 1 saturated heterocycles. The Hall–Kier alpha value is -0.990. The lowest BCUT2D eigenvalue weighted by Crippen LogP contribution is -2.52. The van der Waals surface area contributed by atoms with Crippen LogP contribution in [0.3, 0.4) is 0 Å². The number of piperazine rings is 1. The molecule has 6 nitrogen and oxygen atoms in total. The van der Waals surface area contributed by atoms with Crippen LogP contribution >= 0.6 is 0 Å². The summed E-state index contributed by atoms with van der Waals surface area (Å²) in [5.74, 6) is 0. The lowest BCUT2D eigenvalue weighted by atomic mass is 10.1. The molecule has 1 N–H and O–H groups in total. The van der Waals surface area contributed by atoms with Crippen molar-refractivity contribution in [2.24, 2.45) is 0 Å². The van der Waals surface area contributed by atoms with Gasteiger partial charge in [0.2, 0.25) is 0 Å². The quantitative estimate of drug-likeness (QED) is 0.840. The van der Waals surface area contributed by atoms with Gasteiger partial charge in [-0.2, -0.15) is 17.0 Å². The molecule has 1 fully saturated rings. The van der Waals surface area contributed by atoms with Crippen LogP contribution in [0.25, 0.3) is 0 Å². The minimum atomic E-state index is -3.33. The number of hydrogen-bond donors (Lipinski definition) is 1. The molecule has 1 atom stereocenters. The van der Waals surface area contributed by atoms with E-state index in [2.05, 4.69) is 4.90 Å². The predicted molar refractivity (Wildman–Crippen MR) is 82.0 cm³/mol. The molecule has 0 aliphatic carbocycles. The Labute approximate surface area is 126 Å². The molecule has 0 saturated carbocycles. The van der Waals surface area contributed by atoms with E-state index in [-0.39, 0.29) is 0 Å². The summed E-state index contributed by atoms with van der Waals surface area (Å²) in [5.41, 5.74) is 0.890. The van der Waals surface area contributed by atoms with E-state index in [9.17, 15) is 13.5 Å². The van der Waals surface area contributed by atoms with Crippen LogP contribution in [-0.2, 0) is 10.2 Å². The molecule has 1 aromatic carbocycles. The zero-order chi connectivity index (χ0) is 15.5. The maximum absolute atomic E-state index is 12.0. The average Bonchev–Trinajstić information content (AvgIpc) is 2.48. The molecule has 21 heavy (non-hydrogen) atoms. The maximum Gasteiger partial charge on any atom is 0.281 e.